The number of nitrogens with zero attached hydrogens (tertiary/aromatic N) is 1. The third-order valence-corrected chi connectivity index (χ3v) is 4.07. The van der Waals surface area contributed by atoms with Gasteiger partial charge in [-0.1, -0.05) is 31.5 Å². The minimum atomic E-state index is -0.946. The maximum Gasteiger partial charge on any atom is 0.327 e. The number of benzene rings is 1. The largest absolute Gasteiger partial charge is 0.480 e. The summed E-state index contributed by atoms with van der Waals surface area (Å²) in [6, 6.07) is 6.31. The molecule has 0 radical (unpaired) electrons. The van der Waals surface area contributed by atoms with Crippen molar-refractivity contribution in [1.82, 2.24) is 4.90 Å². The van der Waals surface area contributed by atoms with E-state index in [1.807, 2.05) is 45.0 Å². The monoisotopic (exact) mass is 290 g/mol. The van der Waals surface area contributed by atoms with Crippen molar-refractivity contribution in [3.05, 3.63) is 29.8 Å². The molecular weight excluding hydrogens is 268 g/mol. The number of rotatable bonds is 2. The van der Waals surface area contributed by atoms with Crippen molar-refractivity contribution < 1.29 is 14.7 Å². The molecule has 2 rings (SSSR count). The predicted molar refractivity (Wildman–Crippen MR) is 81.3 cm³/mol. The molecule has 2 N–H and O–H groups in total. The number of amides is 2. The van der Waals surface area contributed by atoms with Crippen molar-refractivity contribution in [2.45, 2.75) is 39.7 Å². The lowest BCUT2D eigenvalue weighted by Crippen LogP contribution is -2.57. The van der Waals surface area contributed by atoms with Gasteiger partial charge in [-0.25, -0.2) is 9.59 Å². The maximum atomic E-state index is 12.4. The van der Waals surface area contributed by atoms with E-state index in [1.165, 1.54) is 4.90 Å². The molecular formula is C16H22N2O3. The second-order valence-electron chi connectivity index (χ2n) is 6.32. The van der Waals surface area contributed by atoms with Crippen LogP contribution in [0.25, 0.3) is 0 Å². The molecule has 21 heavy (non-hydrogen) atoms. The molecule has 1 atom stereocenters. The summed E-state index contributed by atoms with van der Waals surface area (Å²) in [4.78, 5) is 25.4. The van der Waals surface area contributed by atoms with E-state index in [0.29, 0.717) is 12.2 Å². The van der Waals surface area contributed by atoms with Gasteiger partial charge in [0.1, 0.15) is 6.04 Å². The molecule has 1 unspecified atom stereocenters. The number of urea groups is 1. The fraction of sp³-hybridized carbons (Fsp3) is 0.500. The second kappa shape index (κ2) is 5.76. The standard InChI is InChI=1S/C16H22N2O3/c1-11-5-7-12(8-6-11)17-15(21)18-10-4-9-16(2,3)13(18)14(19)20/h5-8,13H,4,9-10H2,1-3H3,(H,17,21)(H,19,20). The minimum absolute atomic E-state index is 0.348. The molecule has 0 saturated carbocycles. The van der Waals surface area contributed by atoms with Crippen LogP contribution >= 0.6 is 0 Å². The van der Waals surface area contributed by atoms with Gasteiger partial charge in [0.25, 0.3) is 0 Å². The molecule has 1 aromatic rings. The van der Waals surface area contributed by atoms with Crippen molar-refractivity contribution in [2.75, 3.05) is 11.9 Å². The molecule has 0 aliphatic carbocycles. The van der Waals surface area contributed by atoms with Crippen LogP contribution in [0.15, 0.2) is 24.3 Å². The molecule has 1 saturated heterocycles. The van der Waals surface area contributed by atoms with Gasteiger partial charge in [0.15, 0.2) is 0 Å². The first kappa shape index (κ1) is 15.4. The molecule has 1 fully saturated rings. The second-order valence-corrected chi connectivity index (χ2v) is 6.32. The number of anilines is 1. The Labute approximate surface area is 125 Å². The summed E-state index contributed by atoms with van der Waals surface area (Å²) in [6.07, 6.45) is 1.62. The molecule has 0 spiro atoms. The zero-order chi connectivity index (χ0) is 15.6. The van der Waals surface area contributed by atoms with Gasteiger partial charge in [-0.3, -0.25) is 0 Å². The van der Waals surface area contributed by atoms with Crippen molar-refractivity contribution in [3.63, 3.8) is 0 Å². The summed E-state index contributed by atoms with van der Waals surface area (Å²) < 4.78 is 0. The molecule has 114 valence electrons. The normalized spacial score (nSPS) is 20.9. The van der Waals surface area contributed by atoms with Crippen LogP contribution in [0.3, 0.4) is 0 Å². The number of carboxylic acid groups (broad SMARTS) is 1. The Morgan fingerprint density at radius 3 is 2.48 bits per heavy atom. The quantitative estimate of drug-likeness (QED) is 0.879. The SMILES string of the molecule is Cc1ccc(NC(=O)N2CCCC(C)(C)C2C(=O)O)cc1. The molecule has 0 aromatic heterocycles. The smallest absolute Gasteiger partial charge is 0.327 e. The van der Waals surface area contributed by atoms with Crippen molar-refractivity contribution in [2.24, 2.45) is 5.41 Å². The average Bonchev–Trinajstić information content (AvgIpc) is 2.39. The zero-order valence-corrected chi connectivity index (χ0v) is 12.7. The van der Waals surface area contributed by atoms with Crippen LogP contribution in [0.5, 0.6) is 0 Å². The van der Waals surface area contributed by atoms with E-state index in [1.54, 1.807) is 0 Å². The Kier molecular flexibility index (Phi) is 4.21. The van der Waals surface area contributed by atoms with Crippen LogP contribution in [0, 0.1) is 12.3 Å². The van der Waals surface area contributed by atoms with E-state index in [2.05, 4.69) is 5.32 Å². The fourth-order valence-corrected chi connectivity index (χ4v) is 2.91. The van der Waals surface area contributed by atoms with Gasteiger partial charge in [-0.05, 0) is 37.3 Å². The van der Waals surface area contributed by atoms with E-state index >= 15 is 0 Å². The number of likely N-dealkylation sites (tertiary alicyclic amines) is 1. The highest BCUT2D eigenvalue weighted by Gasteiger charge is 2.44. The third-order valence-electron chi connectivity index (χ3n) is 4.07. The van der Waals surface area contributed by atoms with E-state index in [4.69, 9.17) is 0 Å². The van der Waals surface area contributed by atoms with Gasteiger partial charge < -0.3 is 15.3 Å². The van der Waals surface area contributed by atoms with Gasteiger partial charge in [0.2, 0.25) is 0 Å². The molecule has 5 nitrogen and oxygen atoms in total. The zero-order valence-electron chi connectivity index (χ0n) is 12.7. The minimum Gasteiger partial charge on any atom is -0.480 e. The summed E-state index contributed by atoms with van der Waals surface area (Å²) >= 11 is 0. The van der Waals surface area contributed by atoms with Crippen molar-refractivity contribution in [1.29, 1.82) is 0 Å². The summed E-state index contributed by atoms with van der Waals surface area (Å²) in [5, 5.41) is 12.3. The van der Waals surface area contributed by atoms with E-state index in [0.717, 1.165) is 18.4 Å². The molecule has 1 aromatic carbocycles. The predicted octanol–water partition coefficient (Wildman–Crippen LogP) is 3.10. The van der Waals surface area contributed by atoms with E-state index in [9.17, 15) is 14.7 Å². The number of aliphatic carboxylic acids is 1. The van der Waals surface area contributed by atoms with E-state index < -0.39 is 17.4 Å². The van der Waals surface area contributed by atoms with Crippen LogP contribution in [0.4, 0.5) is 10.5 Å². The number of carbonyl (C=O) groups is 2. The number of nitrogens with one attached hydrogen (secondary N) is 1. The number of aryl methyl sites for hydroxylation is 1. The lowest BCUT2D eigenvalue weighted by Gasteiger charge is -2.43. The lowest BCUT2D eigenvalue weighted by atomic mass is 9.76. The maximum absolute atomic E-state index is 12.4. The van der Waals surface area contributed by atoms with Gasteiger partial charge in [-0.2, -0.15) is 0 Å². The number of carbonyl (C=O) groups excluding carboxylic acids is 1. The molecule has 1 aliphatic rings. The van der Waals surface area contributed by atoms with Crippen LogP contribution in [0.1, 0.15) is 32.3 Å². The van der Waals surface area contributed by atoms with Crippen LogP contribution in [-0.2, 0) is 4.79 Å². The highest BCUT2D eigenvalue weighted by Crippen LogP contribution is 2.35. The molecule has 0 bridgehead atoms. The lowest BCUT2D eigenvalue weighted by molar-refractivity contribution is -0.148. The number of carboxylic acids is 1. The third kappa shape index (κ3) is 3.35. The average molecular weight is 290 g/mol. The van der Waals surface area contributed by atoms with Gasteiger partial charge in [0, 0.05) is 12.2 Å². The first-order valence-corrected chi connectivity index (χ1v) is 7.18. The number of hydrogen-bond acceptors (Lipinski definition) is 2. The Morgan fingerprint density at radius 2 is 1.90 bits per heavy atom. The van der Waals surface area contributed by atoms with Gasteiger partial charge in [0.05, 0.1) is 0 Å². The van der Waals surface area contributed by atoms with Gasteiger partial charge in [-0.15, -0.1) is 0 Å². The Balaban J connectivity index is 2.16. The molecule has 2 amide bonds. The highest BCUT2D eigenvalue weighted by atomic mass is 16.4. The van der Waals surface area contributed by atoms with Crippen molar-refractivity contribution >= 4 is 17.7 Å². The van der Waals surface area contributed by atoms with Crippen molar-refractivity contribution in [3.8, 4) is 0 Å². The Bertz CT molecular complexity index is 537. The molecule has 1 aliphatic heterocycles. The van der Waals surface area contributed by atoms with E-state index in [-0.39, 0.29) is 6.03 Å². The Hall–Kier alpha value is -2.04. The first-order valence-electron chi connectivity index (χ1n) is 7.18. The summed E-state index contributed by atoms with van der Waals surface area (Å²) in [5.74, 6) is -0.946. The topological polar surface area (TPSA) is 69.6 Å². The summed E-state index contributed by atoms with van der Waals surface area (Å²) in [5.41, 5.74) is 1.36. The summed E-state index contributed by atoms with van der Waals surface area (Å²) in [6.45, 7) is 6.24. The number of piperidine rings is 1. The van der Waals surface area contributed by atoms with Gasteiger partial charge >= 0.3 is 12.0 Å². The fourth-order valence-electron chi connectivity index (χ4n) is 2.91. The van der Waals surface area contributed by atoms with Crippen LogP contribution < -0.4 is 5.32 Å². The highest BCUT2D eigenvalue weighted by molar-refractivity contribution is 5.92. The summed E-state index contributed by atoms with van der Waals surface area (Å²) in [7, 11) is 0. The van der Waals surface area contributed by atoms with Crippen LogP contribution in [-0.4, -0.2) is 34.6 Å². The van der Waals surface area contributed by atoms with Crippen LogP contribution in [0.2, 0.25) is 0 Å². The molecule has 5 heteroatoms. The first-order chi connectivity index (χ1) is 9.81. The number of hydrogen-bond donors (Lipinski definition) is 2. The Morgan fingerprint density at radius 1 is 1.29 bits per heavy atom. The molecule has 1 heterocycles.